The van der Waals surface area contributed by atoms with Gasteiger partial charge in [-0.15, -0.1) is 11.3 Å². The second-order valence-corrected chi connectivity index (χ2v) is 6.16. The Morgan fingerprint density at radius 3 is 2.70 bits per heavy atom. The normalized spacial score (nSPS) is 12.2. The number of aryl methyl sites for hydroxylation is 1. The second-order valence-electron chi connectivity index (χ2n) is 5.13. The molecule has 0 fully saturated rings. The van der Waals surface area contributed by atoms with E-state index in [0.717, 1.165) is 23.2 Å². The number of rotatable bonds is 5. The quantitative estimate of drug-likeness (QED) is 0.654. The molecule has 4 heteroatoms. The molecule has 2 aromatic rings. The molecule has 1 unspecified atom stereocenters. The van der Waals surface area contributed by atoms with Crippen molar-refractivity contribution in [2.75, 3.05) is 11.9 Å². The zero-order chi connectivity index (χ0) is 14.7. The Bertz CT molecular complexity index is 590. The zero-order valence-electron chi connectivity index (χ0n) is 12.2. The summed E-state index contributed by atoms with van der Waals surface area (Å²) in [7, 11) is 2.08. The second kappa shape index (κ2) is 6.09. The molecule has 1 heterocycles. The van der Waals surface area contributed by atoms with Crippen molar-refractivity contribution < 1.29 is 0 Å². The average Bonchev–Trinajstić information content (AvgIpc) is 2.90. The first-order valence-corrected chi connectivity index (χ1v) is 7.58. The summed E-state index contributed by atoms with van der Waals surface area (Å²) in [5, 5.41) is 9.86. The summed E-state index contributed by atoms with van der Waals surface area (Å²) in [6.07, 6.45) is 1.000. The number of anilines is 1. The van der Waals surface area contributed by atoms with Crippen LogP contribution in [0.3, 0.4) is 0 Å². The highest BCUT2D eigenvalue weighted by molar-refractivity contribution is 7.09. The molecular formula is C16H21N3S. The Hall–Kier alpha value is -1.81. The summed E-state index contributed by atoms with van der Waals surface area (Å²) in [4.78, 5) is 3.61. The number of benzene rings is 1. The standard InChI is InChI=1S/C16H21N3S/c1-11-6-4-8-14(16(17)18)15(11)19(3)12(2)10-13-7-5-9-20-13/h4-9,12H,10H2,1-3H3,(H3,17,18). The molecule has 0 bridgehead atoms. The molecule has 0 aliphatic heterocycles. The van der Waals surface area contributed by atoms with Crippen molar-refractivity contribution in [3.05, 3.63) is 51.7 Å². The molecule has 0 spiro atoms. The van der Waals surface area contributed by atoms with Crippen LogP contribution in [0.25, 0.3) is 0 Å². The predicted molar refractivity (Wildman–Crippen MR) is 88.1 cm³/mol. The first kappa shape index (κ1) is 14.6. The Kier molecular flexibility index (Phi) is 4.45. The van der Waals surface area contributed by atoms with Crippen molar-refractivity contribution in [1.82, 2.24) is 0 Å². The van der Waals surface area contributed by atoms with E-state index < -0.39 is 0 Å². The van der Waals surface area contributed by atoms with Crippen LogP contribution in [-0.4, -0.2) is 18.9 Å². The van der Waals surface area contributed by atoms with E-state index in [-0.39, 0.29) is 5.84 Å². The molecule has 1 aromatic heterocycles. The topological polar surface area (TPSA) is 53.1 Å². The van der Waals surface area contributed by atoms with E-state index in [0.29, 0.717) is 6.04 Å². The number of hydrogen-bond donors (Lipinski definition) is 2. The lowest BCUT2D eigenvalue weighted by molar-refractivity contribution is 0.686. The van der Waals surface area contributed by atoms with Gasteiger partial charge in [-0.05, 0) is 36.9 Å². The van der Waals surface area contributed by atoms with Gasteiger partial charge in [0.25, 0.3) is 0 Å². The minimum Gasteiger partial charge on any atom is -0.384 e. The third-order valence-electron chi connectivity index (χ3n) is 3.62. The number of hydrogen-bond acceptors (Lipinski definition) is 3. The Morgan fingerprint density at radius 1 is 1.35 bits per heavy atom. The molecule has 3 N–H and O–H groups in total. The van der Waals surface area contributed by atoms with Gasteiger partial charge in [0.15, 0.2) is 0 Å². The Balaban J connectivity index is 2.28. The van der Waals surface area contributed by atoms with Gasteiger partial charge >= 0.3 is 0 Å². The molecule has 0 aliphatic carbocycles. The first-order chi connectivity index (χ1) is 9.50. The maximum absolute atomic E-state index is 7.76. The third kappa shape index (κ3) is 3.02. The zero-order valence-corrected chi connectivity index (χ0v) is 13.0. The minimum absolute atomic E-state index is 0.124. The van der Waals surface area contributed by atoms with E-state index in [1.54, 1.807) is 11.3 Å². The molecule has 1 atom stereocenters. The SMILES string of the molecule is Cc1cccc(C(=N)N)c1N(C)C(C)Cc1cccs1. The van der Waals surface area contributed by atoms with Crippen LogP contribution in [0.1, 0.15) is 22.9 Å². The molecule has 106 valence electrons. The number of nitrogen functional groups attached to an aromatic ring is 1. The van der Waals surface area contributed by atoms with Crippen LogP contribution in [0.2, 0.25) is 0 Å². The van der Waals surface area contributed by atoms with E-state index >= 15 is 0 Å². The number of amidine groups is 1. The van der Waals surface area contributed by atoms with Crippen LogP contribution in [0.15, 0.2) is 35.7 Å². The third-order valence-corrected chi connectivity index (χ3v) is 4.52. The van der Waals surface area contributed by atoms with Crippen molar-refractivity contribution in [3.8, 4) is 0 Å². The predicted octanol–water partition coefficient (Wildman–Crippen LogP) is 3.41. The van der Waals surface area contributed by atoms with E-state index in [1.165, 1.54) is 4.88 Å². The maximum atomic E-state index is 7.76. The number of thiophene rings is 1. The smallest absolute Gasteiger partial charge is 0.124 e. The minimum atomic E-state index is 0.124. The van der Waals surface area contributed by atoms with Gasteiger partial charge in [0.05, 0.1) is 5.69 Å². The highest BCUT2D eigenvalue weighted by Gasteiger charge is 2.17. The van der Waals surface area contributed by atoms with Gasteiger partial charge < -0.3 is 10.6 Å². The highest BCUT2D eigenvalue weighted by Crippen LogP contribution is 2.27. The van der Waals surface area contributed by atoms with Gasteiger partial charge in [-0.1, -0.05) is 18.2 Å². The molecule has 1 aromatic carbocycles. The van der Waals surface area contributed by atoms with Crippen LogP contribution >= 0.6 is 11.3 Å². The number of nitrogens with zero attached hydrogens (tertiary/aromatic N) is 1. The molecule has 2 rings (SSSR count). The van der Waals surface area contributed by atoms with Crippen LogP contribution < -0.4 is 10.6 Å². The molecule has 3 nitrogen and oxygen atoms in total. The molecule has 0 amide bonds. The van der Waals surface area contributed by atoms with E-state index in [2.05, 4.69) is 49.4 Å². The molecule has 0 radical (unpaired) electrons. The average molecular weight is 287 g/mol. The van der Waals surface area contributed by atoms with Crippen LogP contribution in [0, 0.1) is 12.3 Å². The first-order valence-electron chi connectivity index (χ1n) is 6.70. The van der Waals surface area contributed by atoms with Gasteiger partial charge in [0.2, 0.25) is 0 Å². The molecule has 20 heavy (non-hydrogen) atoms. The van der Waals surface area contributed by atoms with Gasteiger partial charge in [-0.3, -0.25) is 5.41 Å². The van der Waals surface area contributed by atoms with Crippen molar-refractivity contribution in [1.29, 1.82) is 5.41 Å². The number of para-hydroxylation sites is 1. The van der Waals surface area contributed by atoms with Crippen molar-refractivity contribution in [2.45, 2.75) is 26.3 Å². The Labute approximate surface area is 124 Å². The summed E-state index contributed by atoms with van der Waals surface area (Å²) in [6, 6.07) is 10.5. The van der Waals surface area contributed by atoms with Gasteiger partial charge in [-0.2, -0.15) is 0 Å². The Morgan fingerprint density at radius 2 is 2.10 bits per heavy atom. The van der Waals surface area contributed by atoms with Crippen LogP contribution in [-0.2, 0) is 6.42 Å². The lowest BCUT2D eigenvalue weighted by atomic mass is 10.0. The molecular weight excluding hydrogens is 266 g/mol. The van der Waals surface area contributed by atoms with Crippen LogP contribution in [0.5, 0.6) is 0 Å². The lowest BCUT2D eigenvalue weighted by Gasteiger charge is -2.30. The van der Waals surface area contributed by atoms with E-state index in [4.69, 9.17) is 11.1 Å². The summed E-state index contributed by atoms with van der Waals surface area (Å²) < 4.78 is 0. The monoisotopic (exact) mass is 287 g/mol. The van der Waals surface area contributed by atoms with Gasteiger partial charge in [0.1, 0.15) is 5.84 Å². The largest absolute Gasteiger partial charge is 0.384 e. The molecule has 0 aliphatic rings. The summed E-state index contributed by atoms with van der Waals surface area (Å²) in [6.45, 7) is 4.27. The summed E-state index contributed by atoms with van der Waals surface area (Å²) in [5.41, 5.74) is 8.74. The van der Waals surface area contributed by atoms with E-state index in [9.17, 15) is 0 Å². The van der Waals surface area contributed by atoms with Crippen molar-refractivity contribution >= 4 is 22.9 Å². The molecule has 0 saturated heterocycles. The number of nitrogens with one attached hydrogen (secondary N) is 1. The highest BCUT2D eigenvalue weighted by atomic mass is 32.1. The fourth-order valence-electron chi connectivity index (χ4n) is 2.42. The van der Waals surface area contributed by atoms with Crippen molar-refractivity contribution in [2.24, 2.45) is 5.73 Å². The van der Waals surface area contributed by atoms with E-state index in [1.807, 2.05) is 12.1 Å². The van der Waals surface area contributed by atoms with Gasteiger partial charge in [0, 0.05) is 30.0 Å². The molecule has 0 saturated carbocycles. The van der Waals surface area contributed by atoms with Crippen LogP contribution in [0.4, 0.5) is 5.69 Å². The van der Waals surface area contributed by atoms with Gasteiger partial charge in [-0.25, -0.2) is 0 Å². The lowest BCUT2D eigenvalue weighted by Crippen LogP contribution is -2.33. The fourth-order valence-corrected chi connectivity index (χ4v) is 3.25. The summed E-state index contributed by atoms with van der Waals surface area (Å²) in [5.74, 6) is 0.124. The maximum Gasteiger partial charge on any atom is 0.124 e. The number of nitrogens with two attached hydrogens (primary N) is 1. The number of likely N-dealkylation sites (N-methyl/N-ethyl adjacent to an activating group) is 1. The fraction of sp³-hybridized carbons (Fsp3) is 0.312. The summed E-state index contributed by atoms with van der Waals surface area (Å²) >= 11 is 1.78. The van der Waals surface area contributed by atoms with Crippen molar-refractivity contribution in [3.63, 3.8) is 0 Å².